The van der Waals surface area contributed by atoms with Crippen molar-refractivity contribution < 1.29 is 14.3 Å². The standard InChI is InChI=1S/C15H14N4O3.C6H13N/c1-21-11-5-6-16-15(22-2)13(11)10-7-17-14-9(10)3-4-12(19-14)18-8-20;1-7(2)5-6-3-4-6/h3-8H,1-2H3,(H2,17,18,19,20);6H,3-5H2,1-2H3. The number of hydrogen-bond donors (Lipinski definition) is 2. The smallest absolute Gasteiger partial charge is 0.224 e. The summed E-state index contributed by atoms with van der Waals surface area (Å²) < 4.78 is 10.7. The lowest BCUT2D eigenvalue weighted by Crippen LogP contribution is -2.14. The average molecular weight is 397 g/mol. The molecule has 0 saturated heterocycles. The summed E-state index contributed by atoms with van der Waals surface area (Å²) in [6.45, 7) is 1.31. The maximum absolute atomic E-state index is 10.5. The highest BCUT2D eigenvalue weighted by Crippen LogP contribution is 2.40. The molecule has 0 bridgehead atoms. The molecule has 1 amide bonds. The zero-order valence-corrected chi connectivity index (χ0v) is 17.2. The van der Waals surface area contributed by atoms with Gasteiger partial charge >= 0.3 is 0 Å². The number of aromatic amines is 1. The maximum Gasteiger partial charge on any atom is 0.224 e. The molecule has 1 aliphatic rings. The molecule has 2 N–H and O–H groups in total. The first kappa shape index (κ1) is 20.6. The molecule has 1 fully saturated rings. The zero-order chi connectivity index (χ0) is 20.8. The topological polar surface area (TPSA) is 92.4 Å². The summed E-state index contributed by atoms with van der Waals surface area (Å²) >= 11 is 0. The van der Waals surface area contributed by atoms with E-state index in [1.165, 1.54) is 19.4 Å². The van der Waals surface area contributed by atoms with Crippen molar-refractivity contribution >= 4 is 23.3 Å². The van der Waals surface area contributed by atoms with Crippen LogP contribution in [-0.4, -0.2) is 61.1 Å². The summed E-state index contributed by atoms with van der Waals surface area (Å²) in [5.74, 6) is 2.65. The molecule has 1 aliphatic carbocycles. The predicted octanol–water partition coefficient (Wildman–Crippen LogP) is 3.17. The van der Waals surface area contributed by atoms with Gasteiger partial charge in [-0.2, -0.15) is 0 Å². The lowest BCUT2D eigenvalue weighted by Gasteiger charge is -2.11. The first-order valence-corrected chi connectivity index (χ1v) is 9.47. The van der Waals surface area contributed by atoms with Gasteiger partial charge in [0.2, 0.25) is 12.3 Å². The third kappa shape index (κ3) is 5.03. The molecule has 0 unspecified atom stereocenters. The summed E-state index contributed by atoms with van der Waals surface area (Å²) in [5, 5.41) is 3.40. The molecule has 1 saturated carbocycles. The number of hydrogen-bond acceptors (Lipinski definition) is 6. The molecule has 0 aromatic carbocycles. The van der Waals surface area contributed by atoms with E-state index in [0.717, 1.165) is 22.4 Å². The van der Waals surface area contributed by atoms with Crippen LogP contribution in [0.3, 0.4) is 0 Å². The number of anilines is 1. The van der Waals surface area contributed by atoms with Gasteiger partial charge in [-0.05, 0) is 51.1 Å². The van der Waals surface area contributed by atoms with Crippen LogP contribution < -0.4 is 14.8 Å². The van der Waals surface area contributed by atoms with Gasteiger partial charge in [0.15, 0.2) is 0 Å². The van der Waals surface area contributed by atoms with Gasteiger partial charge in [-0.25, -0.2) is 9.97 Å². The summed E-state index contributed by atoms with van der Waals surface area (Å²) in [5.41, 5.74) is 2.26. The molecule has 0 spiro atoms. The fraction of sp³-hybridized carbons (Fsp3) is 0.381. The molecule has 0 atom stereocenters. The summed E-state index contributed by atoms with van der Waals surface area (Å²) in [4.78, 5) is 24.4. The van der Waals surface area contributed by atoms with Crippen molar-refractivity contribution in [1.82, 2.24) is 19.9 Å². The normalized spacial score (nSPS) is 13.0. The maximum atomic E-state index is 10.5. The Balaban J connectivity index is 0.000000290. The third-order valence-corrected chi connectivity index (χ3v) is 4.63. The quantitative estimate of drug-likeness (QED) is 0.595. The molecule has 154 valence electrons. The number of methoxy groups -OCH3 is 2. The Morgan fingerprint density at radius 2 is 2.03 bits per heavy atom. The van der Waals surface area contributed by atoms with Gasteiger partial charge < -0.3 is 24.7 Å². The van der Waals surface area contributed by atoms with Crippen LogP contribution in [-0.2, 0) is 4.79 Å². The number of rotatable bonds is 7. The lowest BCUT2D eigenvalue weighted by atomic mass is 10.1. The predicted molar refractivity (Wildman–Crippen MR) is 113 cm³/mol. The second-order valence-electron chi connectivity index (χ2n) is 7.16. The van der Waals surface area contributed by atoms with Crippen molar-refractivity contribution in [3.8, 4) is 22.8 Å². The SMILES string of the molecule is CN(C)CC1CC1.COc1ccnc(OC)c1-c1c[nH]c2nc(NC=O)ccc12. The van der Waals surface area contributed by atoms with E-state index in [0.29, 0.717) is 29.5 Å². The number of nitrogens with one attached hydrogen (secondary N) is 2. The van der Waals surface area contributed by atoms with Gasteiger partial charge in [-0.3, -0.25) is 4.79 Å². The van der Waals surface area contributed by atoms with E-state index in [9.17, 15) is 4.79 Å². The highest BCUT2D eigenvalue weighted by atomic mass is 16.5. The molecule has 29 heavy (non-hydrogen) atoms. The summed E-state index contributed by atoms with van der Waals surface area (Å²) in [7, 11) is 7.43. The number of aromatic nitrogens is 3. The van der Waals surface area contributed by atoms with Crippen LogP contribution in [0.4, 0.5) is 5.82 Å². The number of pyridine rings is 2. The number of ether oxygens (including phenoxy) is 2. The van der Waals surface area contributed by atoms with Crippen LogP contribution in [0, 0.1) is 5.92 Å². The lowest BCUT2D eigenvalue weighted by molar-refractivity contribution is -0.105. The highest BCUT2D eigenvalue weighted by Gasteiger charge is 2.21. The van der Waals surface area contributed by atoms with Crippen molar-refractivity contribution in [3.05, 3.63) is 30.6 Å². The Labute approximate surface area is 170 Å². The van der Waals surface area contributed by atoms with Crippen LogP contribution in [0.2, 0.25) is 0 Å². The third-order valence-electron chi connectivity index (χ3n) is 4.63. The first-order valence-electron chi connectivity index (χ1n) is 9.47. The van der Waals surface area contributed by atoms with E-state index in [1.54, 1.807) is 32.5 Å². The Hall–Kier alpha value is -3.13. The number of H-pyrrole nitrogens is 1. The second kappa shape index (κ2) is 9.38. The number of nitrogens with zero attached hydrogens (tertiary/aromatic N) is 3. The number of carbonyl (C=O) groups excluding carboxylic acids is 1. The molecular formula is C21H27N5O3. The van der Waals surface area contributed by atoms with Gasteiger partial charge in [0.25, 0.3) is 0 Å². The van der Waals surface area contributed by atoms with Crippen LogP contribution in [0.25, 0.3) is 22.2 Å². The molecule has 4 rings (SSSR count). The van der Waals surface area contributed by atoms with Crippen molar-refractivity contribution in [1.29, 1.82) is 0 Å². The van der Waals surface area contributed by atoms with Crippen LogP contribution in [0.1, 0.15) is 12.8 Å². The first-order chi connectivity index (χ1) is 14.1. The van der Waals surface area contributed by atoms with Crippen LogP contribution in [0.5, 0.6) is 11.6 Å². The Morgan fingerprint density at radius 3 is 2.62 bits per heavy atom. The van der Waals surface area contributed by atoms with Gasteiger partial charge in [-0.15, -0.1) is 0 Å². The van der Waals surface area contributed by atoms with Gasteiger partial charge in [-0.1, -0.05) is 0 Å². The molecule has 8 heteroatoms. The van der Waals surface area contributed by atoms with Crippen molar-refractivity contribution in [2.75, 3.05) is 40.2 Å². The highest BCUT2D eigenvalue weighted by molar-refractivity contribution is 5.97. The molecular weight excluding hydrogens is 370 g/mol. The molecule has 3 aromatic heterocycles. The van der Waals surface area contributed by atoms with Crippen LogP contribution in [0.15, 0.2) is 30.6 Å². The van der Waals surface area contributed by atoms with E-state index in [2.05, 4.69) is 39.3 Å². The molecule has 3 aromatic rings. The van der Waals surface area contributed by atoms with E-state index in [1.807, 2.05) is 12.3 Å². The molecule has 0 aliphatic heterocycles. The number of carbonyl (C=O) groups is 1. The Morgan fingerprint density at radius 1 is 1.24 bits per heavy atom. The van der Waals surface area contributed by atoms with E-state index < -0.39 is 0 Å². The largest absolute Gasteiger partial charge is 0.496 e. The zero-order valence-electron chi connectivity index (χ0n) is 17.2. The summed E-state index contributed by atoms with van der Waals surface area (Å²) in [6.07, 6.45) is 6.96. The molecule has 8 nitrogen and oxygen atoms in total. The van der Waals surface area contributed by atoms with Gasteiger partial charge in [0.05, 0.1) is 19.8 Å². The van der Waals surface area contributed by atoms with Crippen molar-refractivity contribution in [2.45, 2.75) is 12.8 Å². The van der Waals surface area contributed by atoms with Crippen molar-refractivity contribution in [3.63, 3.8) is 0 Å². The summed E-state index contributed by atoms with van der Waals surface area (Å²) in [6, 6.07) is 5.36. The molecule has 3 heterocycles. The minimum absolute atomic E-state index is 0.468. The van der Waals surface area contributed by atoms with E-state index in [4.69, 9.17) is 9.47 Å². The number of amides is 1. The minimum atomic E-state index is 0.468. The van der Waals surface area contributed by atoms with Crippen LogP contribution >= 0.6 is 0 Å². The monoisotopic (exact) mass is 397 g/mol. The Kier molecular flexibility index (Phi) is 6.66. The van der Waals surface area contributed by atoms with Gasteiger partial charge in [0, 0.05) is 29.9 Å². The fourth-order valence-electron chi connectivity index (χ4n) is 3.17. The van der Waals surface area contributed by atoms with E-state index >= 15 is 0 Å². The fourth-order valence-corrected chi connectivity index (χ4v) is 3.17. The second-order valence-corrected chi connectivity index (χ2v) is 7.16. The minimum Gasteiger partial charge on any atom is -0.496 e. The number of fused-ring (bicyclic) bond motifs is 1. The van der Waals surface area contributed by atoms with E-state index in [-0.39, 0.29) is 0 Å². The average Bonchev–Trinajstić information content (AvgIpc) is 3.43. The Bertz CT molecular complexity index is 944. The van der Waals surface area contributed by atoms with Crippen molar-refractivity contribution in [2.24, 2.45) is 5.92 Å². The van der Waals surface area contributed by atoms with Gasteiger partial charge in [0.1, 0.15) is 17.2 Å². The molecule has 0 radical (unpaired) electrons.